The average molecular weight is 445 g/mol. The molecule has 0 bridgehead atoms. The Balaban J connectivity index is 1.71. The van der Waals surface area contributed by atoms with E-state index in [1.165, 1.54) is 29.8 Å². The minimum atomic E-state index is -0.496. The third-order valence-electron chi connectivity index (χ3n) is 4.26. The Morgan fingerprint density at radius 2 is 1.97 bits per heavy atom. The molecule has 1 fully saturated rings. The van der Waals surface area contributed by atoms with Gasteiger partial charge in [0.05, 0.1) is 9.83 Å². The molecule has 1 heterocycles. The standard InChI is InChI=1S/C21H20N2O5S2/c1-3-14-8-13(2)9-17(10-14)27-6-7-28-18-5-4-16(23(25)26)11-15(18)12-19-20(24)22-21(29)30-19/h4-5,8-12H,3,6-7H2,1-2H3,(H,22,24,29)/b19-12+. The number of thiocarbonyl (C=S) groups is 1. The first-order chi connectivity index (χ1) is 14.4. The molecule has 0 atom stereocenters. The zero-order valence-electron chi connectivity index (χ0n) is 16.5. The summed E-state index contributed by atoms with van der Waals surface area (Å²) in [7, 11) is 0. The zero-order valence-corrected chi connectivity index (χ0v) is 18.1. The fourth-order valence-corrected chi connectivity index (χ4v) is 3.91. The molecule has 0 aromatic heterocycles. The third kappa shape index (κ3) is 5.58. The van der Waals surface area contributed by atoms with E-state index in [1.807, 2.05) is 19.1 Å². The van der Waals surface area contributed by atoms with Gasteiger partial charge in [0, 0.05) is 17.7 Å². The van der Waals surface area contributed by atoms with Crippen molar-refractivity contribution >= 4 is 46.0 Å². The Hall–Kier alpha value is -2.91. The number of hydrogen-bond donors (Lipinski definition) is 1. The number of carbonyl (C=O) groups is 1. The van der Waals surface area contributed by atoms with Crippen molar-refractivity contribution in [2.75, 3.05) is 13.2 Å². The van der Waals surface area contributed by atoms with Crippen molar-refractivity contribution < 1.29 is 19.2 Å². The largest absolute Gasteiger partial charge is 0.490 e. The predicted octanol–water partition coefficient (Wildman–Crippen LogP) is 4.41. The molecule has 30 heavy (non-hydrogen) atoms. The number of nitro benzene ring substituents is 1. The van der Waals surface area contributed by atoms with E-state index >= 15 is 0 Å². The first-order valence-electron chi connectivity index (χ1n) is 9.25. The number of ether oxygens (including phenoxy) is 2. The number of non-ortho nitro benzene ring substituents is 1. The minimum Gasteiger partial charge on any atom is -0.490 e. The van der Waals surface area contributed by atoms with Crippen LogP contribution >= 0.6 is 24.0 Å². The Labute approximate surface area is 183 Å². The lowest BCUT2D eigenvalue weighted by atomic mass is 10.1. The molecule has 0 aliphatic carbocycles. The highest BCUT2D eigenvalue weighted by atomic mass is 32.2. The number of nitrogens with one attached hydrogen (secondary N) is 1. The summed E-state index contributed by atoms with van der Waals surface area (Å²) < 4.78 is 11.9. The maximum atomic E-state index is 11.9. The molecule has 1 N–H and O–H groups in total. The van der Waals surface area contributed by atoms with Gasteiger partial charge in [0.2, 0.25) is 0 Å². The Morgan fingerprint density at radius 1 is 1.20 bits per heavy atom. The van der Waals surface area contributed by atoms with Crippen molar-refractivity contribution in [3.63, 3.8) is 0 Å². The monoisotopic (exact) mass is 444 g/mol. The van der Waals surface area contributed by atoms with E-state index in [-0.39, 0.29) is 18.2 Å². The maximum Gasteiger partial charge on any atom is 0.270 e. The van der Waals surface area contributed by atoms with Gasteiger partial charge in [-0.15, -0.1) is 0 Å². The molecule has 0 spiro atoms. The first kappa shape index (κ1) is 21.8. The van der Waals surface area contributed by atoms with Crippen LogP contribution in [-0.4, -0.2) is 28.4 Å². The SMILES string of the molecule is CCc1cc(C)cc(OCCOc2ccc([N+](=O)[O-])cc2/C=C2/SC(=S)NC2=O)c1. The van der Waals surface area contributed by atoms with Crippen LogP contribution in [0, 0.1) is 17.0 Å². The smallest absolute Gasteiger partial charge is 0.270 e. The number of amides is 1. The van der Waals surface area contributed by atoms with Crippen molar-refractivity contribution in [1.29, 1.82) is 0 Å². The van der Waals surface area contributed by atoms with Crippen molar-refractivity contribution in [3.8, 4) is 11.5 Å². The molecule has 2 aromatic rings. The van der Waals surface area contributed by atoms with Crippen LogP contribution in [0.3, 0.4) is 0 Å². The minimum absolute atomic E-state index is 0.0942. The van der Waals surface area contributed by atoms with E-state index in [2.05, 4.69) is 18.3 Å². The van der Waals surface area contributed by atoms with Crippen LogP contribution < -0.4 is 14.8 Å². The van der Waals surface area contributed by atoms with Crippen molar-refractivity contribution in [1.82, 2.24) is 5.32 Å². The summed E-state index contributed by atoms with van der Waals surface area (Å²) in [6.45, 7) is 4.64. The quantitative estimate of drug-likeness (QED) is 0.212. The number of benzene rings is 2. The summed E-state index contributed by atoms with van der Waals surface area (Å²) in [5.74, 6) is 0.854. The van der Waals surface area contributed by atoms with Crippen LogP contribution in [0.1, 0.15) is 23.6 Å². The van der Waals surface area contributed by atoms with Gasteiger partial charge in [-0.25, -0.2) is 0 Å². The van der Waals surface area contributed by atoms with Gasteiger partial charge in [-0.05, 0) is 48.7 Å². The molecule has 1 aliphatic rings. The predicted molar refractivity (Wildman–Crippen MR) is 121 cm³/mol. The number of carbonyl (C=O) groups excluding carboxylic acids is 1. The lowest BCUT2D eigenvalue weighted by Gasteiger charge is -2.12. The molecule has 1 amide bonds. The highest BCUT2D eigenvalue weighted by Gasteiger charge is 2.23. The zero-order chi connectivity index (χ0) is 21.7. The molecule has 1 aliphatic heterocycles. The van der Waals surface area contributed by atoms with Gasteiger partial charge in [-0.3, -0.25) is 14.9 Å². The highest BCUT2D eigenvalue weighted by molar-refractivity contribution is 8.26. The molecule has 9 heteroatoms. The Morgan fingerprint density at radius 3 is 2.63 bits per heavy atom. The van der Waals surface area contributed by atoms with Gasteiger partial charge in [0.15, 0.2) is 0 Å². The molecule has 0 unspecified atom stereocenters. The van der Waals surface area contributed by atoms with Crippen LogP contribution in [0.5, 0.6) is 11.5 Å². The molecule has 1 saturated heterocycles. The van der Waals surface area contributed by atoms with Gasteiger partial charge in [-0.2, -0.15) is 0 Å². The van der Waals surface area contributed by atoms with Gasteiger partial charge in [0.25, 0.3) is 11.6 Å². The van der Waals surface area contributed by atoms with Crippen LogP contribution in [-0.2, 0) is 11.2 Å². The molecular weight excluding hydrogens is 424 g/mol. The molecule has 3 rings (SSSR count). The van der Waals surface area contributed by atoms with Crippen molar-refractivity contribution in [2.24, 2.45) is 0 Å². The number of rotatable bonds is 8. The number of hydrogen-bond acceptors (Lipinski definition) is 7. The van der Waals surface area contributed by atoms with Gasteiger partial charge in [-0.1, -0.05) is 37.0 Å². The topological polar surface area (TPSA) is 90.7 Å². The van der Waals surface area contributed by atoms with E-state index in [9.17, 15) is 14.9 Å². The molecule has 0 saturated carbocycles. The second-order valence-corrected chi connectivity index (χ2v) is 8.26. The third-order valence-corrected chi connectivity index (χ3v) is 5.42. The first-order valence-corrected chi connectivity index (χ1v) is 10.5. The highest BCUT2D eigenvalue weighted by Crippen LogP contribution is 2.31. The lowest BCUT2D eigenvalue weighted by molar-refractivity contribution is -0.384. The molecular formula is C21H20N2O5S2. The second-order valence-electron chi connectivity index (χ2n) is 6.54. The number of thioether (sulfide) groups is 1. The normalized spacial score (nSPS) is 14.7. The summed E-state index contributed by atoms with van der Waals surface area (Å²) in [4.78, 5) is 22.9. The fraction of sp³-hybridized carbons (Fsp3) is 0.238. The van der Waals surface area contributed by atoms with Gasteiger partial charge < -0.3 is 14.8 Å². The molecule has 0 radical (unpaired) electrons. The molecule has 2 aromatic carbocycles. The number of aryl methyl sites for hydroxylation is 2. The summed E-state index contributed by atoms with van der Waals surface area (Å²) in [5.41, 5.74) is 2.65. The fourth-order valence-electron chi connectivity index (χ4n) is 2.88. The van der Waals surface area contributed by atoms with E-state index in [1.54, 1.807) is 0 Å². The summed E-state index contributed by atoms with van der Waals surface area (Å²) in [6.07, 6.45) is 2.46. The van der Waals surface area contributed by atoms with Gasteiger partial charge >= 0.3 is 0 Å². The van der Waals surface area contributed by atoms with Crippen LogP contribution in [0.2, 0.25) is 0 Å². The van der Waals surface area contributed by atoms with Gasteiger partial charge in [0.1, 0.15) is 29.0 Å². The lowest BCUT2D eigenvalue weighted by Crippen LogP contribution is -2.17. The second kappa shape index (κ2) is 9.73. The van der Waals surface area contributed by atoms with E-state index < -0.39 is 4.92 Å². The number of nitro groups is 1. The van der Waals surface area contributed by atoms with Crippen LogP contribution in [0.4, 0.5) is 5.69 Å². The van der Waals surface area contributed by atoms with Crippen LogP contribution in [0.15, 0.2) is 41.3 Å². The molecule has 7 nitrogen and oxygen atoms in total. The molecule has 156 valence electrons. The summed E-state index contributed by atoms with van der Waals surface area (Å²) >= 11 is 6.09. The summed E-state index contributed by atoms with van der Waals surface area (Å²) in [6, 6.07) is 10.3. The Kier molecular flexibility index (Phi) is 7.07. The van der Waals surface area contributed by atoms with E-state index in [0.717, 1.165) is 29.5 Å². The van der Waals surface area contributed by atoms with Crippen molar-refractivity contribution in [3.05, 3.63) is 68.1 Å². The van der Waals surface area contributed by atoms with E-state index in [4.69, 9.17) is 21.7 Å². The summed E-state index contributed by atoms with van der Waals surface area (Å²) in [5, 5.41) is 13.7. The Bertz CT molecular complexity index is 1040. The van der Waals surface area contributed by atoms with Crippen LogP contribution in [0.25, 0.3) is 6.08 Å². The number of nitrogens with zero attached hydrogens (tertiary/aromatic N) is 1. The van der Waals surface area contributed by atoms with E-state index in [0.29, 0.717) is 27.1 Å². The maximum absolute atomic E-state index is 11.9. The van der Waals surface area contributed by atoms with Crippen molar-refractivity contribution in [2.45, 2.75) is 20.3 Å². The average Bonchev–Trinajstić information content (AvgIpc) is 3.02.